The van der Waals surface area contributed by atoms with E-state index in [2.05, 4.69) is 0 Å². The fourth-order valence-electron chi connectivity index (χ4n) is 3.20. The highest BCUT2D eigenvalue weighted by atomic mass is 35.5. The minimum absolute atomic E-state index is 0.245. The maximum absolute atomic E-state index is 12.5. The Labute approximate surface area is 156 Å². The number of ether oxygens (including phenoxy) is 2. The van der Waals surface area contributed by atoms with Crippen molar-refractivity contribution in [3.8, 4) is 16.9 Å². The summed E-state index contributed by atoms with van der Waals surface area (Å²) in [5, 5.41) is 1.12. The first kappa shape index (κ1) is 17.1. The first-order valence-electron chi connectivity index (χ1n) is 8.73. The molecule has 0 spiro atoms. The van der Waals surface area contributed by atoms with E-state index in [0.29, 0.717) is 34.1 Å². The van der Waals surface area contributed by atoms with E-state index in [4.69, 9.17) is 25.5 Å². The van der Waals surface area contributed by atoms with Crippen LogP contribution < -0.4 is 10.4 Å². The Hall–Kier alpha value is -2.30. The molecule has 0 saturated carbocycles. The van der Waals surface area contributed by atoms with Crippen LogP contribution in [-0.2, 0) is 4.74 Å². The van der Waals surface area contributed by atoms with Crippen LogP contribution in [0.1, 0.15) is 24.8 Å². The van der Waals surface area contributed by atoms with Gasteiger partial charge in [-0.1, -0.05) is 35.4 Å². The molecule has 1 aliphatic rings. The van der Waals surface area contributed by atoms with Gasteiger partial charge in [0.1, 0.15) is 11.3 Å². The second-order valence-corrected chi connectivity index (χ2v) is 6.90. The molecule has 1 fully saturated rings. The van der Waals surface area contributed by atoms with Crippen LogP contribution >= 0.6 is 11.6 Å². The lowest BCUT2D eigenvalue weighted by atomic mass is 10.0. The van der Waals surface area contributed by atoms with Crippen molar-refractivity contribution < 1.29 is 13.9 Å². The molecule has 1 saturated heterocycles. The molecule has 2 aromatic carbocycles. The van der Waals surface area contributed by atoms with Crippen LogP contribution in [-0.4, -0.2) is 12.9 Å². The smallest absolute Gasteiger partial charge is 0.345 e. The summed E-state index contributed by atoms with van der Waals surface area (Å²) in [6.45, 7) is 2.68. The molecule has 0 radical (unpaired) electrons. The fraction of sp³-hybridized carbons (Fsp3) is 0.286. The van der Waals surface area contributed by atoms with Gasteiger partial charge in [-0.05, 0) is 49.6 Å². The summed E-state index contributed by atoms with van der Waals surface area (Å²) in [6, 6.07) is 12.9. The third kappa shape index (κ3) is 3.35. The summed E-state index contributed by atoms with van der Waals surface area (Å²) in [5.74, 6) is 0.647. The zero-order valence-electron chi connectivity index (χ0n) is 14.5. The van der Waals surface area contributed by atoms with Crippen molar-refractivity contribution in [1.29, 1.82) is 0 Å². The topological polar surface area (TPSA) is 48.7 Å². The van der Waals surface area contributed by atoms with Gasteiger partial charge in [-0.3, -0.25) is 0 Å². The molecular formula is C21H19ClO4. The number of aryl methyl sites for hydroxylation is 1. The highest BCUT2D eigenvalue weighted by Crippen LogP contribution is 2.33. The first-order valence-corrected chi connectivity index (χ1v) is 9.11. The van der Waals surface area contributed by atoms with Gasteiger partial charge in [0.15, 0.2) is 6.29 Å². The Morgan fingerprint density at radius 1 is 1.15 bits per heavy atom. The second-order valence-electron chi connectivity index (χ2n) is 6.52. The molecule has 26 heavy (non-hydrogen) atoms. The monoisotopic (exact) mass is 370 g/mol. The third-order valence-electron chi connectivity index (χ3n) is 4.53. The van der Waals surface area contributed by atoms with Gasteiger partial charge in [0.05, 0.1) is 17.2 Å². The first-order chi connectivity index (χ1) is 12.6. The van der Waals surface area contributed by atoms with Gasteiger partial charge < -0.3 is 13.9 Å². The number of fused-ring (bicyclic) bond motifs is 1. The van der Waals surface area contributed by atoms with Crippen molar-refractivity contribution in [1.82, 2.24) is 0 Å². The van der Waals surface area contributed by atoms with Crippen molar-refractivity contribution in [3.05, 3.63) is 63.5 Å². The van der Waals surface area contributed by atoms with E-state index >= 15 is 0 Å². The lowest BCUT2D eigenvalue weighted by molar-refractivity contribution is -0.105. The summed E-state index contributed by atoms with van der Waals surface area (Å²) < 4.78 is 17.0. The maximum Gasteiger partial charge on any atom is 0.345 e. The van der Waals surface area contributed by atoms with Crippen molar-refractivity contribution in [2.45, 2.75) is 32.5 Å². The van der Waals surface area contributed by atoms with Crippen molar-refractivity contribution >= 4 is 22.6 Å². The van der Waals surface area contributed by atoms with Crippen LogP contribution in [0.4, 0.5) is 0 Å². The van der Waals surface area contributed by atoms with Gasteiger partial charge >= 0.3 is 5.63 Å². The standard InChI is InChI=1S/C21H19ClO4/c1-13-8-9-17-16(11-13)20(22)19(21(23)26-17)14-5-4-6-15(12-14)25-18-7-2-3-10-24-18/h4-6,8-9,11-12,18H,2-3,7,10H2,1H3. The molecule has 2 heterocycles. The molecule has 0 aliphatic carbocycles. The molecule has 5 heteroatoms. The summed E-state index contributed by atoms with van der Waals surface area (Å²) in [4.78, 5) is 12.5. The van der Waals surface area contributed by atoms with Crippen LogP contribution in [0.5, 0.6) is 5.75 Å². The van der Waals surface area contributed by atoms with Gasteiger partial charge in [0.2, 0.25) is 0 Å². The molecule has 4 nitrogen and oxygen atoms in total. The van der Waals surface area contributed by atoms with Crippen LogP contribution in [0, 0.1) is 6.92 Å². The highest BCUT2D eigenvalue weighted by Gasteiger charge is 2.18. The Morgan fingerprint density at radius 2 is 2.04 bits per heavy atom. The zero-order valence-corrected chi connectivity index (χ0v) is 15.2. The number of rotatable bonds is 3. The van der Waals surface area contributed by atoms with E-state index < -0.39 is 5.63 Å². The molecule has 3 aromatic rings. The SMILES string of the molecule is Cc1ccc2oc(=O)c(-c3cccc(OC4CCCCO4)c3)c(Cl)c2c1. The molecule has 1 aromatic heterocycles. The molecule has 134 valence electrons. The quantitative estimate of drug-likeness (QED) is 0.585. The Kier molecular flexibility index (Phi) is 4.70. The fourth-order valence-corrected chi connectivity index (χ4v) is 3.54. The summed E-state index contributed by atoms with van der Waals surface area (Å²) >= 11 is 6.57. The van der Waals surface area contributed by atoms with E-state index in [9.17, 15) is 4.79 Å². The van der Waals surface area contributed by atoms with E-state index in [1.54, 1.807) is 12.1 Å². The number of halogens is 1. The van der Waals surface area contributed by atoms with Crippen LogP contribution in [0.25, 0.3) is 22.1 Å². The van der Waals surface area contributed by atoms with Gasteiger partial charge in [-0.25, -0.2) is 4.79 Å². The predicted molar refractivity (Wildman–Crippen MR) is 102 cm³/mol. The van der Waals surface area contributed by atoms with Crippen LogP contribution in [0.2, 0.25) is 5.02 Å². The van der Waals surface area contributed by atoms with Gasteiger partial charge in [0.25, 0.3) is 0 Å². The average Bonchev–Trinajstić information content (AvgIpc) is 2.64. The minimum atomic E-state index is -0.461. The summed E-state index contributed by atoms with van der Waals surface area (Å²) in [5.41, 5.74) is 2.08. The molecule has 0 amide bonds. The van der Waals surface area contributed by atoms with E-state index in [0.717, 1.165) is 30.2 Å². The predicted octanol–water partition coefficient (Wildman–Crippen LogP) is 5.33. The molecule has 0 bridgehead atoms. The lowest BCUT2D eigenvalue weighted by Gasteiger charge is -2.23. The molecule has 1 unspecified atom stereocenters. The maximum atomic E-state index is 12.5. The Morgan fingerprint density at radius 3 is 2.85 bits per heavy atom. The van der Waals surface area contributed by atoms with Crippen molar-refractivity contribution in [2.24, 2.45) is 0 Å². The lowest BCUT2D eigenvalue weighted by Crippen LogP contribution is -2.24. The van der Waals surface area contributed by atoms with Gasteiger partial charge in [-0.2, -0.15) is 0 Å². The second kappa shape index (κ2) is 7.14. The molecular weight excluding hydrogens is 352 g/mol. The molecule has 4 rings (SSSR count). The highest BCUT2D eigenvalue weighted by molar-refractivity contribution is 6.37. The number of benzene rings is 2. The minimum Gasteiger partial charge on any atom is -0.465 e. The Bertz CT molecular complexity index is 1000. The summed E-state index contributed by atoms with van der Waals surface area (Å²) in [7, 11) is 0. The number of hydrogen-bond donors (Lipinski definition) is 0. The zero-order chi connectivity index (χ0) is 18.1. The largest absolute Gasteiger partial charge is 0.465 e. The van der Waals surface area contributed by atoms with Crippen LogP contribution in [0.15, 0.2) is 51.7 Å². The average molecular weight is 371 g/mol. The van der Waals surface area contributed by atoms with Crippen LogP contribution in [0.3, 0.4) is 0 Å². The van der Waals surface area contributed by atoms with Gasteiger partial charge in [0, 0.05) is 11.8 Å². The Balaban J connectivity index is 1.75. The molecule has 1 aliphatic heterocycles. The van der Waals surface area contributed by atoms with E-state index in [1.807, 2.05) is 37.3 Å². The third-order valence-corrected chi connectivity index (χ3v) is 4.92. The van der Waals surface area contributed by atoms with E-state index in [1.165, 1.54) is 0 Å². The molecule has 1 atom stereocenters. The van der Waals surface area contributed by atoms with Crippen molar-refractivity contribution in [3.63, 3.8) is 0 Å². The van der Waals surface area contributed by atoms with E-state index in [-0.39, 0.29) is 6.29 Å². The molecule has 0 N–H and O–H groups in total. The number of hydrogen-bond acceptors (Lipinski definition) is 4. The normalized spacial score (nSPS) is 17.4. The van der Waals surface area contributed by atoms with Gasteiger partial charge in [-0.15, -0.1) is 0 Å². The summed E-state index contributed by atoms with van der Waals surface area (Å²) in [6.07, 6.45) is 2.77. The van der Waals surface area contributed by atoms with Crippen molar-refractivity contribution in [2.75, 3.05) is 6.61 Å².